The second kappa shape index (κ2) is 11.0. The Balaban J connectivity index is 3.44. The molecule has 0 atom stereocenters. The molecule has 24 heavy (non-hydrogen) atoms. The Bertz CT molecular complexity index is 498. The van der Waals surface area contributed by atoms with Gasteiger partial charge in [-0.15, -0.1) is 0 Å². The Kier molecular flexibility index (Phi) is 9.70. The molecular formula is C19H33NO3Sn. The van der Waals surface area contributed by atoms with Gasteiger partial charge in [0.25, 0.3) is 0 Å². The molecule has 0 aliphatic rings. The van der Waals surface area contributed by atoms with Gasteiger partial charge in [-0.05, 0) is 0 Å². The fraction of sp³-hybridized carbons (Fsp3) is 0.684. The third-order valence-corrected chi connectivity index (χ3v) is 20.6. The van der Waals surface area contributed by atoms with Gasteiger partial charge in [-0.25, -0.2) is 0 Å². The van der Waals surface area contributed by atoms with Crippen molar-refractivity contribution in [1.82, 2.24) is 0 Å². The average Bonchev–Trinajstić information content (AvgIpc) is 2.60. The van der Waals surface area contributed by atoms with Crippen LogP contribution in [0.5, 0.6) is 5.75 Å². The van der Waals surface area contributed by atoms with Crippen LogP contribution in [0.4, 0.5) is 5.69 Å². The predicted octanol–water partition coefficient (Wildman–Crippen LogP) is 5.66. The monoisotopic (exact) mass is 443 g/mol. The van der Waals surface area contributed by atoms with Crippen LogP contribution in [-0.2, 0) is 0 Å². The van der Waals surface area contributed by atoms with Gasteiger partial charge in [0.2, 0.25) is 0 Å². The summed E-state index contributed by atoms with van der Waals surface area (Å²) in [5.74, 6) is 0.765. The molecule has 0 saturated carbocycles. The zero-order valence-corrected chi connectivity index (χ0v) is 18.6. The summed E-state index contributed by atoms with van der Waals surface area (Å²) in [6.45, 7) is 6.66. The molecule has 0 aliphatic heterocycles. The zero-order valence-electron chi connectivity index (χ0n) is 15.8. The molecule has 0 saturated heterocycles. The summed E-state index contributed by atoms with van der Waals surface area (Å²) in [5, 5.41) is 11.7. The van der Waals surface area contributed by atoms with Gasteiger partial charge in [-0.3, -0.25) is 0 Å². The first-order chi connectivity index (χ1) is 11.5. The van der Waals surface area contributed by atoms with Crippen molar-refractivity contribution in [1.29, 1.82) is 0 Å². The first-order valence-electron chi connectivity index (χ1n) is 9.37. The molecule has 0 fully saturated rings. The van der Waals surface area contributed by atoms with Gasteiger partial charge in [0.15, 0.2) is 0 Å². The van der Waals surface area contributed by atoms with Crippen molar-refractivity contribution < 1.29 is 9.66 Å². The van der Waals surface area contributed by atoms with Crippen LogP contribution < -0.4 is 8.32 Å². The molecule has 0 N–H and O–H groups in total. The molecule has 0 aromatic heterocycles. The third-order valence-electron chi connectivity index (χ3n) is 5.00. The number of benzene rings is 1. The van der Waals surface area contributed by atoms with E-state index < -0.39 is 18.4 Å². The second-order valence-corrected chi connectivity index (χ2v) is 19.9. The fourth-order valence-electron chi connectivity index (χ4n) is 3.55. The van der Waals surface area contributed by atoms with Crippen LogP contribution in [-0.4, -0.2) is 30.4 Å². The Morgan fingerprint density at radius 3 is 1.88 bits per heavy atom. The van der Waals surface area contributed by atoms with Crippen molar-refractivity contribution in [2.24, 2.45) is 0 Å². The normalized spacial score (nSPS) is 11.5. The Morgan fingerprint density at radius 1 is 1.00 bits per heavy atom. The molecule has 136 valence electrons. The van der Waals surface area contributed by atoms with Crippen LogP contribution in [0.3, 0.4) is 0 Å². The number of methoxy groups -OCH3 is 1. The van der Waals surface area contributed by atoms with Crippen LogP contribution in [0.15, 0.2) is 18.2 Å². The molecular weight excluding hydrogens is 409 g/mol. The van der Waals surface area contributed by atoms with Crippen molar-refractivity contribution in [2.45, 2.75) is 72.6 Å². The number of hydrogen-bond donors (Lipinski definition) is 0. The molecule has 1 aromatic carbocycles. The quantitative estimate of drug-likeness (QED) is 0.239. The van der Waals surface area contributed by atoms with Crippen molar-refractivity contribution in [2.75, 3.05) is 7.11 Å². The molecule has 0 spiro atoms. The number of rotatable bonds is 12. The van der Waals surface area contributed by atoms with E-state index in [1.54, 1.807) is 19.2 Å². The fourth-order valence-corrected chi connectivity index (χ4v) is 20.1. The van der Waals surface area contributed by atoms with E-state index in [1.165, 1.54) is 32.6 Å². The molecule has 1 rings (SSSR count). The number of nitro benzene ring substituents is 1. The van der Waals surface area contributed by atoms with Crippen molar-refractivity contribution in [3.05, 3.63) is 28.3 Å². The summed E-state index contributed by atoms with van der Waals surface area (Å²) in [6, 6.07) is 5.41. The molecule has 0 aliphatic carbocycles. The predicted molar refractivity (Wildman–Crippen MR) is 104 cm³/mol. The van der Waals surface area contributed by atoms with Crippen molar-refractivity contribution in [3.8, 4) is 5.75 Å². The summed E-state index contributed by atoms with van der Waals surface area (Å²) in [6.07, 6.45) is 7.06. The summed E-state index contributed by atoms with van der Waals surface area (Å²) in [4.78, 5) is 11.5. The van der Waals surface area contributed by atoms with E-state index >= 15 is 0 Å². The first-order valence-corrected chi connectivity index (χ1v) is 16.9. The van der Waals surface area contributed by atoms with Crippen LogP contribution in [0.25, 0.3) is 0 Å². The van der Waals surface area contributed by atoms with Gasteiger partial charge in [-0.2, -0.15) is 0 Å². The molecule has 5 heteroatoms. The molecule has 0 amide bonds. The molecule has 0 bridgehead atoms. The van der Waals surface area contributed by atoms with Gasteiger partial charge < -0.3 is 0 Å². The van der Waals surface area contributed by atoms with Crippen LogP contribution in [0.1, 0.15) is 59.3 Å². The summed E-state index contributed by atoms with van der Waals surface area (Å²) in [5.41, 5.74) is 0.343. The zero-order chi connectivity index (χ0) is 18.0. The van der Waals surface area contributed by atoms with Crippen molar-refractivity contribution in [3.63, 3.8) is 0 Å². The van der Waals surface area contributed by atoms with Crippen LogP contribution in [0, 0.1) is 10.1 Å². The Morgan fingerprint density at radius 2 is 1.50 bits per heavy atom. The van der Waals surface area contributed by atoms with E-state index in [1.807, 2.05) is 6.07 Å². The maximum absolute atomic E-state index is 11.7. The molecule has 1 aromatic rings. The van der Waals surface area contributed by atoms with Crippen LogP contribution in [0.2, 0.25) is 13.3 Å². The topological polar surface area (TPSA) is 52.4 Å². The molecule has 0 heterocycles. The van der Waals surface area contributed by atoms with E-state index in [2.05, 4.69) is 20.8 Å². The summed E-state index contributed by atoms with van der Waals surface area (Å²) < 4.78 is 10.2. The SMILES string of the molecule is CCC[CH2][Sn]([CH2]CCC)([CH2]CCC)[c]1cc(OC)ccc1[N+](=O)[O-]. The van der Waals surface area contributed by atoms with Gasteiger partial charge in [0, 0.05) is 0 Å². The van der Waals surface area contributed by atoms with Gasteiger partial charge in [-0.1, -0.05) is 0 Å². The number of nitro groups is 1. The number of nitrogens with zero attached hydrogens (tertiary/aromatic N) is 1. The minimum absolute atomic E-state index is 0.176. The van der Waals surface area contributed by atoms with E-state index in [0.717, 1.165) is 28.6 Å². The number of hydrogen-bond acceptors (Lipinski definition) is 3. The first kappa shape index (κ1) is 21.3. The van der Waals surface area contributed by atoms with Gasteiger partial charge >= 0.3 is 151 Å². The van der Waals surface area contributed by atoms with Crippen LogP contribution >= 0.6 is 0 Å². The van der Waals surface area contributed by atoms with E-state index in [-0.39, 0.29) is 4.92 Å². The maximum atomic E-state index is 11.7. The van der Waals surface area contributed by atoms with Crippen molar-refractivity contribution >= 4 is 27.6 Å². The minimum atomic E-state index is -2.83. The standard InChI is InChI=1S/C7H6NO3.3C4H9.Sn/c1-11-7-4-2-6(3-5-7)8(9)10;3*1-3-4-2;/h2,4-5H,1H3;3*1,3-4H2,2H3;. The second-order valence-electron chi connectivity index (χ2n) is 6.73. The molecule has 0 radical (unpaired) electrons. The van der Waals surface area contributed by atoms with E-state index in [0.29, 0.717) is 5.69 Å². The van der Waals surface area contributed by atoms with Gasteiger partial charge in [0.05, 0.1) is 0 Å². The van der Waals surface area contributed by atoms with Gasteiger partial charge in [0.1, 0.15) is 0 Å². The number of ether oxygens (including phenoxy) is 1. The Hall–Kier alpha value is -0.781. The van der Waals surface area contributed by atoms with E-state index in [4.69, 9.17) is 4.74 Å². The Labute approximate surface area is 151 Å². The third kappa shape index (κ3) is 5.64. The summed E-state index contributed by atoms with van der Waals surface area (Å²) >= 11 is -2.83. The van der Waals surface area contributed by atoms with E-state index in [9.17, 15) is 10.1 Å². The summed E-state index contributed by atoms with van der Waals surface area (Å²) in [7, 11) is 1.65. The average molecular weight is 442 g/mol. The molecule has 0 unspecified atom stereocenters. The number of unbranched alkanes of at least 4 members (excludes halogenated alkanes) is 3. The molecule has 4 nitrogen and oxygen atoms in total.